The SMILES string of the molecule is CC1=CC=IN(C)C=C1. The van der Waals surface area contributed by atoms with Crippen LogP contribution in [-0.2, 0) is 0 Å². The number of halogens is 1. The van der Waals surface area contributed by atoms with Gasteiger partial charge in [0.15, 0.2) is 0 Å². The quantitative estimate of drug-likeness (QED) is 0.459. The van der Waals surface area contributed by atoms with E-state index in [1.165, 1.54) is 5.57 Å². The smallest absolute Gasteiger partial charge is 0.0158 e. The summed E-state index contributed by atoms with van der Waals surface area (Å²) in [6, 6.07) is 0. The van der Waals surface area contributed by atoms with Crippen LogP contribution < -0.4 is 0 Å². The fourth-order valence-electron chi connectivity index (χ4n) is 0.525. The molecule has 0 spiro atoms. The molecule has 0 atom stereocenters. The van der Waals surface area contributed by atoms with Crippen LogP contribution in [0.4, 0.5) is 0 Å². The van der Waals surface area contributed by atoms with Crippen molar-refractivity contribution in [1.82, 2.24) is 3.11 Å². The van der Waals surface area contributed by atoms with Crippen molar-refractivity contribution in [3.05, 3.63) is 23.9 Å². The first-order valence-corrected chi connectivity index (χ1v) is 5.05. The maximum absolute atomic E-state index is 2.27. The van der Waals surface area contributed by atoms with E-state index in [-0.39, 0.29) is 21.0 Å². The highest BCUT2D eigenvalue weighted by molar-refractivity contribution is 14.2. The average Bonchev–Trinajstić information content (AvgIpc) is 1.97. The minimum absolute atomic E-state index is 0.142. The van der Waals surface area contributed by atoms with E-state index in [1.54, 1.807) is 0 Å². The standard InChI is InChI=1S/C7H10IN/c1-7-3-5-8-9(2)6-4-7/h3-6H,1-2H3. The zero-order valence-corrected chi connectivity index (χ0v) is 7.79. The van der Waals surface area contributed by atoms with Gasteiger partial charge in [0.05, 0.1) is 0 Å². The third-order valence-corrected chi connectivity index (χ3v) is 2.96. The summed E-state index contributed by atoms with van der Waals surface area (Å²) in [5.74, 6) is 0. The van der Waals surface area contributed by atoms with Crippen LogP contribution in [0.15, 0.2) is 23.9 Å². The van der Waals surface area contributed by atoms with E-state index in [2.05, 4.69) is 39.4 Å². The van der Waals surface area contributed by atoms with Crippen LogP contribution in [0.3, 0.4) is 0 Å². The average molecular weight is 235 g/mol. The van der Waals surface area contributed by atoms with Crippen LogP contribution in [0.25, 0.3) is 0 Å². The fourth-order valence-corrected chi connectivity index (χ4v) is 2.11. The van der Waals surface area contributed by atoms with Crippen molar-refractivity contribution < 1.29 is 0 Å². The van der Waals surface area contributed by atoms with Gasteiger partial charge in [-0.1, -0.05) is 6.08 Å². The van der Waals surface area contributed by atoms with E-state index < -0.39 is 0 Å². The maximum Gasteiger partial charge on any atom is 0.0158 e. The molecule has 1 aliphatic heterocycles. The lowest BCUT2D eigenvalue weighted by Gasteiger charge is -2.01. The van der Waals surface area contributed by atoms with Crippen molar-refractivity contribution in [2.75, 3.05) is 7.05 Å². The van der Waals surface area contributed by atoms with E-state index in [9.17, 15) is 0 Å². The minimum Gasteiger partial charge on any atom is -0.330 e. The third kappa shape index (κ3) is 2.30. The number of hydrogen-bond acceptors (Lipinski definition) is 1. The molecule has 2 heteroatoms. The highest BCUT2D eigenvalue weighted by Gasteiger charge is 1.87. The molecule has 0 bridgehead atoms. The largest absolute Gasteiger partial charge is 0.330 e. The number of rotatable bonds is 0. The van der Waals surface area contributed by atoms with Gasteiger partial charge in [0.2, 0.25) is 0 Å². The van der Waals surface area contributed by atoms with Gasteiger partial charge in [0.1, 0.15) is 0 Å². The van der Waals surface area contributed by atoms with Crippen molar-refractivity contribution in [1.29, 1.82) is 0 Å². The van der Waals surface area contributed by atoms with Crippen LogP contribution in [0, 0.1) is 0 Å². The summed E-state index contributed by atoms with van der Waals surface area (Å²) >= 11 is 0.142. The van der Waals surface area contributed by atoms with Gasteiger partial charge in [-0.15, -0.1) is 0 Å². The Hall–Kier alpha value is -0.120. The Bertz CT molecular complexity index is 179. The zero-order chi connectivity index (χ0) is 6.69. The summed E-state index contributed by atoms with van der Waals surface area (Å²) in [5.41, 5.74) is 1.35. The molecule has 0 saturated carbocycles. The zero-order valence-electron chi connectivity index (χ0n) is 5.63. The van der Waals surface area contributed by atoms with Gasteiger partial charge < -0.3 is 3.11 Å². The minimum atomic E-state index is 0.142. The summed E-state index contributed by atoms with van der Waals surface area (Å²) in [5, 5.41) is 0. The molecule has 0 amide bonds. The predicted molar refractivity (Wildman–Crippen MR) is 50.7 cm³/mol. The molecule has 0 aliphatic carbocycles. The Kier molecular flexibility index (Phi) is 2.45. The first-order valence-electron chi connectivity index (χ1n) is 2.84. The molecule has 1 heterocycles. The Labute approximate surface area is 66.2 Å². The van der Waals surface area contributed by atoms with Crippen LogP contribution in [-0.4, -0.2) is 14.2 Å². The molecule has 1 nitrogen and oxygen atoms in total. The summed E-state index contributed by atoms with van der Waals surface area (Å²) < 4.78 is 4.53. The Balaban J connectivity index is 2.75. The van der Waals surface area contributed by atoms with E-state index in [0.717, 1.165) is 0 Å². The molecule has 50 valence electrons. The highest BCUT2D eigenvalue weighted by atomic mass is 127. The highest BCUT2D eigenvalue weighted by Crippen LogP contribution is 2.09. The fraction of sp³-hybridized carbons (Fsp3) is 0.286. The van der Waals surface area contributed by atoms with Crippen LogP contribution in [0.1, 0.15) is 6.92 Å². The number of allylic oxidation sites excluding steroid dienone is 3. The Morgan fingerprint density at radius 1 is 1.56 bits per heavy atom. The lowest BCUT2D eigenvalue weighted by Crippen LogP contribution is -1.90. The maximum atomic E-state index is 2.27. The van der Waals surface area contributed by atoms with Gasteiger partial charge in [-0.3, -0.25) is 0 Å². The summed E-state index contributed by atoms with van der Waals surface area (Å²) in [6.45, 7) is 2.12. The van der Waals surface area contributed by atoms with Gasteiger partial charge in [0, 0.05) is 13.2 Å². The molecule has 0 unspecified atom stereocenters. The summed E-state index contributed by atoms with van der Waals surface area (Å²) in [7, 11) is 2.12. The third-order valence-electron chi connectivity index (χ3n) is 1.08. The van der Waals surface area contributed by atoms with Crippen LogP contribution >= 0.6 is 21.0 Å². The second-order valence-electron chi connectivity index (χ2n) is 1.97. The topological polar surface area (TPSA) is 3.24 Å². The first-order chi connectivity index (χ1) is 4.29. The van der Waals surface area contributed by atoms with Crippen LogP contribution in [0.2, 0.25) is 0 Å². The molecule has 0 radical (unpaired) electrons. The molecule has 0 N–H and O–H groups in total. The molecule has 1 aliphatic rings. The molecule has 9 heavy (non-hydrogen) atoms. The van der Waals surface area contributed by atoms with Gasteiger partial charge in [0.25, 0.3) is 0 Å². The van der Waals surface area contributed by atoms with E-state index >= 15 is 0 Å². The molecule has 0 aromatic rings. The number of hydrogen-bond donors (Lipinski definition) is 0. The summed E-state index contributed by atoms with van der Waals surface area (Å²) in [6.07, 6.45) is 6.47. The second-order valence-corrected chi connectivity index (χ2v) is 4.77. The monoisotopic (exact) mass is 235 g/mol. The molecule has 0 fully saturated rings. The van der Waals surface area contributed by atoms with Crippen molar-refractivity contribution in [3.63, 3.8) is 0 Å². The van der Waals surface area contributed by atoms with Crippen molar-refractivity contribution in [3.8, 4) is 0 Å². The van der Waals surface area contributed by atoms with E-state index in [1.807, 2.05) is 0 Å². The molecule has 0 aromatic heterocycles. The normalized spacial score (nSPS) is 18.4. The Morgan fingerprint density at radius 3 is 3.11 bits per heavy atom. The van der Waals surface area contributed by atoms with Crippen molar-refractivity contribution >= 4 is 25.0 Å². The van der Waals surface area contributed by atoms with E-state index in [4.69, 9.17) is 0 Å². The molecule has 0 saturated heterocycles. The van der Waals surface area contributed by atoms with E-state index in [0.29, 0.717) is 0 Å². The first kappa shape index (κ1) is 6.99. The predicted octanol–water partition coefficient (Wildman–Crippen LogP) is 2.08. The Morgan fingerprint density at radius 2 is 2.33 bits per heavy atom. The molecule has 0 aromatic carbocycles. The van der Waals surface area contributed by atoms with Gasteiger partial charge in [-0.25, -0.2) is 0 Å². The lowest BCUT2D eigenvalue weighted by atomic mass is 10.3. The van der Waals surface area contributed by atoms with Gasteiger partial charge in [-0.05, 0) is 43.6 Å². The van der Waals surface area contributed by atoms with Crippen LogP contribution in [0.5, 0.6) is 0 Å². The lowest BCUT2D eigenvalue weighted by molar-refractivity contribution is 0.834. The van der Waals surface area contributed by atoms with Crippen molar-refractivity contribution in [2.45, 2.75) is 6.92 Å². The molecule has 1 rings (SSSR count). The van der Waals surface area contributed by atoms with Gasteiger partial charge in [-0.2, -0.15) is 0 Å². The van der Waals surface area contributed by atoms with Crippen molar-refractivity contribution in [2.24, 2.45) is 0 Å². The molecular formula is C7H10IN. The number of nitrogens with zero attached hydrogens (tertiary/aromatic N) is 1. The summed E-state index contributed by atoms with van der Waals surface area (Å²) in [4.78, 5) is 0. The second kappa shape index (κ2) is 3.15. The molecular weight excluding hydrogens is 225 g/mol. The van der Waals surface area contributed by atoms with Gasteiger partial charge >= 0.3 is 0 Å².